The molecule has 2 aliphatic rings. The van der Waals surface area contributed by atoms with Gasteiger partial charge < -0.3 is 30.2 Å². The topological polar surface area (TPSA) is 137 Å². The van der Waals surface area contributed by atoms with Crippen molar-refractivity contribution in [1.29, 1.82) is 0 Å². The van der Waals surface area contributed by atoms with Crippen LogP contribution in [0.2, 0.25) is 0 Å². The molecule has 2 aromatic carbocycles. The summed E-state index contributed by atoms with van der Waals surface area (Å²) in [5.74, 6) is 0.369. The molecular weight excluding hydrogens is 596 g/mol. The average Bonchev–Trinajstić information content (AvgIpc) is 3.80. The number of imidazole rings is 1. The Hall–Kier alpha value is -4.67. The molecule has 0 bridgehead atoms. The van der Waals surface area contributed by atoms with Crippen LogP contribution in [0.15, 0.2) is 54.7 Å². The maximum atomic E-state index is 13.2. The van der Waals surface area contributed by atoms with Crippen molar-refractivity contribution in [1.82, 2.24) is 25.1 Å². The summed E-state index contributed by atoms with van der Waals surface area (Å²) in [4.78, 5) is 62.7. The summed E-state index contributed by atoms with van der Waals surface area (Å²) in [6.07, 6.45) is 4.29. The molecule has 0 radical (unpaired) electrons. The van der Waals surface area contributed by atoms with Crippen LogP contribution in [0.25, 0.3) is 22.4 Å². The Labute approximate surface area is 276 Å². The van der Waals surface area contributed by atoms with Gasteiger partial charge in [-0.25, -0.2) is 9.78 Å². The van der Waals surface area contributed by atoms with Crippen molar-refractivity contribution < 1.29 is 23.9 Å². The Morgan fingerprint density at radius 2 is 1.45 bits per heavy atom. The van der Waals surface area contributed by atoms with E-state index in [9.17, 15) is 19.2 Å². The number of anilines is 1. The highest BCUT2D eigenvalue weighted by molar-refractivity contribution is 5.98. The van der Waals surface area contributed by atoms with Gasteiger partial charge in [0, 0.05) is 24.7 Å². The lowest BCUT2D eigenvalue weighted by atomic mass is 10.0. The van der Waals surface area contributed by atoms with Gasteiger partial charge in [0.05, 0.1) is 17.9 Å². The Balaban J connectivity index is 1.18. The maximum Gasteiger partial charge on any atom is 0.408 e. The van der Waals surface area contributed by atoms with E-state index >= 15 is 0 Å². The molecule has 2 saturated heterocycles. The maximum absolute atomic E-state index is 13.2. The van der Waals surface area contributed by atoms with Gasteiger partial charge >= 0.3 is 6.09 Å². The van der Waals surface area contributed by atoms with Crippen molar-refractivity contribution >= 4 is 29.5 Å². The molecule has 4 amide bonds. The normalized spacial score (nSPS) is 18.7. The first-order valence-corrected chi connectivity index (χ1v) is 16.5. The predicted octanol–water partition coefficient (Wildman–Crippen LogP) is 5.91. The highest BCUT2D eigenvalue weighted by Gasteiger charge is 2.37. The summed E-state index contributed by atoms with van der Waals surface area (Å²) in [6, 6.07) is 14.3. The van der Waals surface area contributed by atoms with Gasteiger partial charge in [0.1, 0.15) is 23.5 Å². The van der Waals surface area contributed by atoms with Crippen LogP contribution in [-0.4, -0.2) is 74.4 Å². The number of hydrogen-bond donors (Lipinski definition) is 3. The van der Waals surface area contributed by atoms with Crippen LogP contribution in [0.3, 0.4) is 0 Å². The molecule has 250 valence electrons. The number of nitrogens with one attached hydrogen (secondary N) is 3. The van der Waals surface area contributed by atoms with Crippen LogP contribution in [0.4, 0.5) is 10.5 Å². The molecule has 11 heteroatoms. The molecule has 0 aliphatic carbocycles. The zero-order valence-electron chi connectivity index (χ0n) is 28.1. The van der Waals surface area contributed by atoms with E-state index in [1.54, 1.807) is 27.7 Å². The van der Waals surface area contributed by atoms with Gasteiger partial charge in [0.2, 0.25) is 17.7 Å². The van der Waals surface area contributed by atoms with Crippen molar-refractivity contribution in [2.24, 2.45) is 5.92 Å². The smallest absolute Gasteiger partial charge is 0.408 e. The second kappa shape index (κ2) is 14.0. The molecule has 5 rings (SSSR count). The lowest BCUT2D eigenvalue weighted by Gasteiger charge is -2.28. The summed E-state index contributed by atoms with van der Waals surface area (Å²) in [5.41, 5.74) is 3.88. The molecule has 3 N–H and O–H groups in total. The Morgan fingerprint density at radius 3 is 2.09 bits per heavy atom. The summed E-state index contributed by atoms with van der Waals surface area (Å²) in [7, 11) is 0. The number of rotatable bonds is 8. The number of aromatic amines is 1. The predicted molar refractivity (Wildman–Crippen MR) is 180 cm³/mol. The van der Waals surface area contributed by atoms with E-state index in [1.165, 1.54) is 4.90 Å². The monoisotopic (exact) mass is 642 g/mol. The molecule has 0 spiro atoms. The quantitative estimate of drug-likeness (QED) is 0.280. The molecule has 0 unspecified atom stereocenters. The zero-order valence-corrected chi connectivity index (χ0v) is 28.1. The number of aromatic nitrogens is 2. The van der Waals surface area contributed by atoms with Gasteiger partial charge in [-0.05, 0) is 82.2 Å². The molecule has 0 saturated carbocycles. The van der Waals surface area contributed by atoms with Crippen LogP contribution < -0.4 is 10.6 Å². The summed E-state index contributed by atoms with van der Waals surface area (Å²) in [6.45, 7) is 11.9. The average molecular weight is 643 g/mol. The standard InChI is InChI=1S/C36H46N6O5/c1-22(2)33(44)41-19-7-9-29(41)31-37-21-28(40-31)26-13-11-24(12-14-26)25-15-17-27(18-16-25)39-32(43)30-10-8-20-42(30)34(45)23(3)38-35(46)47-36(4,5)6/h11-18,21-23,29-30H,7-10,19-20H2,1-6H3,(H,37,40)(H,38,46)(H,39,43)/t23-,29+,30+/m1/s1. The number of alkyl carbamates (subject to hydrolysis) is 1. The van der Waals surface area contributed by atoms with Crippen LogP contribution in [0.5, 0.6) is 0 Å². The van der Waals surface area contributed by atoms with Crippen LogP contribution in [0.1, 0.15) is 79.1 Å². The van der Waals surface area contributed by atoms with Crippen molar-refractivity contribution in [2.45, 2.75) is 91.0 Å². The van der Waals surface area contributed by atoms with E-state index in [0.29, 0.717) is 25.1 Å². The van der Waals surface area contributed by atoms with E-state index in [2.05, 4.69) is 20.6 Å². The lowest BCUT2D eigenvalue weighted by Crippen LogP contribution is -2.52. The van der Waals surface area contributed by atoms with E-state index < -0.39 is 23.8 Å². The zero-order chi connectivity index (χ0) is 33.9. The third-order valence-corrected chi connectivity index (χ3v) is 8.56. The van der Waals surface area contributed by atoms with Gasteiger partial charge in [-0.15, -0.1) is 0 Å². The minimum absolute atomic E-state index is 0.0149. The number of ether oxygens (including phenoxy) is 1. The Bertz CT molecular complexity index is 1590. The SMILES string of the molecule is CC(C)C(=O)N1CCC[C@H]1c1ncc(-c2ccc(-c3ccc(NC(=O)[C@@H]4CCCN4C(=O)[C@@H](C)NC(=O)OC(C)(C)C)cc3)cc2)[nH]1. The highest BCUT2D eigenvalue weighted by Crippen LogP contribution is 2.33. The van der Waals surface area contributed by atoms with E-state index in [4.69, 9.17) is 4.74 Å². The Kier molecular flexibility index (Phi) is 10.0. The molecule has 11 nitrogen and oxygen atoms in total. The van der Waals surface area contributed by atoms with Crippen LogP contribution >= 0.6 is 0 Å². The molecule has 47 heavy (non-hydrogen) atoms. The second-order valence-electron chi connectivity index (χ2n) is 13.7. The molecule has 3 aromatic rings. The largest absolute Gasteiger partial charge is 0.444 e. The summed E-state index contributed by atoms with van der Waals surface area (Å²) in [5, 5.41) is 5.53. The number of carbonyl (C=O) groups is 4. The fourth-order valence-corrected chi connectivity index (χ4v) is 6.21. The molecule has 3 heterocycles. The molecule has 2 aliphatic heterocycles. The number of H-pyrrole nitrogens is 1. The van der Waals surface area contributed by atoms with Crippen molar-refractivity contribution in [3.8, 4) is 22.4 Å². The van der Waals surface area contributed by atoms with E-state index in [1.807, 2.05) is 73.5 Å². The third-order valence-electron chi connectivity index (χ3n) is 8.56. The number of amides is 4. The van der Waals surface area contributed by atoms with Gasteiger partial charge in [-0.1, -0.05) is 50.2 Å². The fourth-order valence-electron chi connectivity index (χ4n) is 6.21. The number of nitrogens with zero attached hydrogens (tertiary/aromatic N) is 3. The second-order valence-corrected chi connectivity index (χ2v) is 13.7. The van der Waals surface area contributed by atoms with Crippen molar-refractivity contribution in [3.05, 3.63) is 60.6 Å². The molecular formula is C36H46N6O5. The van der Waals surface area contributed by atoms with Gasteiger partial charge in [-0.2, -0.15) is 0 Å². The summed E-state index contributed by atoms with van der Waals surface area (Å²) >= 11 is 0. The van der Waals surface area contributed by atoms with Crippen molar-refractivity contribution in [2.75, 3.05) is 18.4 Å². The first-order chi connectivity index (χ1) is 22.3. The number of carbonyl (C=O) groups excluding carboxylic acids is 4. The Morgan fingerprint density at radius 1 is 0.851 bits per heavy atom. The number of benzene rings is 2. The van der Waals surface area contributed by atoms with Gasteiger partial charge in [0.15, 0.2) is 0 Å². The first kappa shape index (κ1) is 33.7. The highest BCUT2D eigenvalue weighted by atomic mass is 16.6. The minimum Gasteiger partial charge on any atom is -0.444 e. The molecule has 1 aromatic heterocycles. The van der Waals surface area contributed by atoms with Crippen molar-refractivity contribution in [3.63, 3.8) is 0 Å². The summed E-state index contributed by atoms with van der Waals surface area (Å²) < 4.78 is 5.26. The van der Waals surface area contributed by atoms with Gasteiger partial charge in [-0.3, -0.25) is 14.4 Å². The van der Waals surface area contributed by atoms with Crippen LogP contribution in [0, 0.1) is 5.92 Å². The number of hydrogen-bond acceptors (Lipinski definition) is 6. The minimum atomic E-state index is -0.822. The molecule has 2 fully saturated rings. The lowest BCUT2D eigenvalue weighted by molar-refractivity contribution is -0.138. The first-order valence-electron chi connectivity index (χ1n) is 16.5. The van der Waals surface area contributed by atoms with Gasteiger partial charge in [0.25, 0.3) is 0 Å². The van der Waals surface area contributed by atoms with Crippen LogP contribution in [-0.2, 0) is 19.1 Å². The number of likely N-dealkylation sites (tertiary alicyclic amines) is 2. The third kappa shape index (κ3) is 8.01. The van der Waals surface area contributed by atoms with E-state index in [-0.39, 0.29) is 29.7 Å². The van der Waals surface area contributed by atoms with E-state index in [0.717, 1.165) is 47.6 Å². The molecule has 3 atom stereocenters. The fraction of sp³-hybridized carbons (Fsp3) is 0.472.